The zero-order valence-electron chi connectivity index (χ0n) is 16.5. The molecule has 0 N–H and O–H groups in total. The van der Waals surface area contributed by atoms with Gasteiger partial charge in [0.25, 0.3) is 5.56 Å². The minimum absolute atomic E-state index is 0.277. The number of hydrogen-bond acceptors (Lipinski definition) is 3. The summed E-state index contributed by atoms with van der Waals surface area (Å²) in [4.78, 5) is 17.9. The summed E-state index contributed by atoms with van der Waals surface area (Å²) in [6, 6.07) is 11.0. The van der Waals surface area contributed by atoms with E-state index in [1.54, 1.807) is 19.9 Å². The number of aromatic nitrogens is 3. The topological polar surface area (TPSA) is 49.0 Å². The van der Waals surface area contributed by atoms with Gasteiger partial charge in [-0.3, -0.25) is 13.9 Å². The van der Waals surface area contributed by atoms with Gasteiger partial charge >= 0.3 is 0 Å². The number of hydrogen-bond donors (Lipinski definition) is 0. The zero-order valence-corrected chi connectivity index (χ0v) is 18.0. The van der Waals surface area contributed by atoms with Crippen LogP contribution in [-0.2, 0) is 0 Å². The number of methoxy groups -OCH3 is 1. The number of aryl methyl sites for hydroxylation is 1. The first-order chi connectivity index (χ1) is 13.8. The van der Waals surface area contributed by atoms with Gasteiger partial charge in [0.1, 0.15) is 17.9 Å². The molecule has 4 aromatic rings. The van der Waals surface area contributed by atoms with Crippen molar-refractivity contribution in [3.05, 3.63) is 80.2 Å². The van der Waals surface area contributed by atoms with E-state index in [1.165, 1.54) is 24.1 Å². The second-order valence-electron chi connectivity index (χ2n) is 6.95. The highest BCUT2D eigenvalue weighted by molar-refractivity contribution is 9.10. The third-order valence-corrected chi connectivity index (χ3v) is 5.71. The number of ether oxygens (including phenoxy) is 1. The van der Waals surface area contributed by atoms with Crippen molar-refractivity contribution in [2.45, 2.75) is 20.8 Å². The van der Waals surface area contributed by atoms with Crippen molar-refractivity contribution in [2.75, 3.05) is 7.11 Å². The van der Waals surface area contributed by atoms with Crippen LogP contribution in [0.5, 0.6) is 5.75 Å². The van der Waals surface area contributed by atoms with Crippen LogP contribution in [0.4, 0.5) is 4.39 Å². The Hall–Kier alpha value is -2.93. The summed E-state index contributed by atoms with van der Waals surface area (Å²) in [6.45, 7) is 5.45. The van der Waals surface area contributed by atoms with Gasteiger partial charge in [-0.1, -0.05) is 17.7 Å². The normalized spacial score (nSPS) is 11.2. The summed E-state index contributed by atoms with van der Waals surface area (Å²) in [5.41, 5.74) is 3.77. The molecule has 2 aromatic carbocycles. The average Bonchev–Trinajstić information content (AvgIpc) is 3.04. The lowest BCUT2D eigenvalue weighted by Crippen LogP contribution is -2.21. The van der Waals surface area contributed by atoms with Crippen molar-refractivity contribution in [1.29, 1.82) is 0 Å². The van der Waals surface area contributed by atoms with Crippen LogP contribution in [0.25, 0.3) is 22.4 Å². The molecule has 5 nitrogen and oxygen atoms in total. The van der Waals surface area contributed by atoms with E-state index in [4.69, 9.17) is 4.74 Å². The van der Waals surface area contributed by atoms with Crippen molar-refractivity contribution >= 4 is 27.0 Å². The third-order valence-electron chi connectivity index (χ3n) is 5.12. The summed E-state index contributed by atoms with van der Waals surface area (Å²) >= 11 is 3.54. The maximum absolute atomic E-state index is 14.4. The van der Waals surface area contributed by atoms with Crippen LogP contribution < -0.4 is 10.3 Å². The van der Waals surface area contributed by atoms with E-state index in [2.05, 4.69) is 20.9 Å². The van der Waals surface area contributed by atoms with Crippen molar-refractivity contribution in [3.8, 4) is 17.1 Å². The monoisotopic (exact) mass is 455 g/mol. The van der Waals surface area contributed by atoms with Crippen LogP contribution in [-0.4, -0.2) is 21.2 Å². The molecule has 0 fully saturated rings. The largest absolute Gasteiger partial charge is 0.496 e. The Bertz CT molecular complexity index is 1310. The first-order valence-electron chi connectivity index (χ1n) is 9.03. The Morgan fingerprint density at radius 3 is 2.41 bits per heavy atom. The predicted octanol–water partition coefficient (Wildman–Crippen LogP) is 5.01. The van der Waals surface area contributed by atoms with E-state index < -0.39 is 5.82 Å². The molecular weight excluding hydrogens is 437 g/mol. The highest BCUT2D eigenvalue weighted by Crippen LogP contribution is 2.30. The summed E-state index contributed by atoms with van der Waals surface area (Å²) in [5.74, 6) is -0.0543. The van der Waals surface area contributed by atoms with Crippen molar-refractivity contribution in [3.63, 3.8) is 0 Å². The quantitative estimate of drug-likeness (QED) is 0.436. The fourth-order valence-electron chi connectivity index (χ4n) is 3.56. The Kier molecular flexibility index (Phi) is 4.78. The third kappa shape index (κ3) is 3.06. The lowest BCUT2D eigenvalue weighted by Gasteiger charge is -2.16. The van der Waals surface area contributed by atoms with E-state index in [-0.39, 0.29) is 5.56 Å². The molecular formula is C22H19BrFN3O2. The number of halogens is 2. The van der Waals surface area contributed by atoms with Crippen LogP contribution in [0.15, 0.2) is 52.1 Å². The van der Waals surface area contributed by atoms with Gasteiger partial charge in [-0.2, -0.15) is 0 Å². The van der Waals surface area contributed by atoms with Crippen LogP contribution in [0.1, 0.15) is 16.7 Å². The lowest BCUT2D eigenvalue weighted by molar-refractivity contribution is 0.407. The van der Waals surface area contributed by atoms with Gasteiger partial charge < -0.3 is 4.74 Å². The van der Waals surface area contributed by atoms with Gasteiger partial charge in [0.2, 0.25) is 0 Å². The van der Waals surface area contributed by atoms with E-state index in [9.17, 15) is 9.18 Å². The van der Waals surface area contributed by atoms with Crippen LogP contribution >= 0.6 is 15.9 Å². The lowest BCUT2D eigenvalue weighted by atomic mass is 10.1. The van der Waals surface area contributed by atoms with Crippen LogP contribution in [0.3, 0.4) is 0 Å². The highest BCUT2D eigenvalue weighted by Gasteiger charge is 2.19. The van der Waals surface area contributed by atoms with Crippen molar-refractivity contribution < 1.29 is 9.13 Å². The summed E-state index contributed by atoms with van der Waals surface area (Å²) in [5, 5.41) is 0.432. The Balaban J connectivity index is 2.00. The Morgan fingerprint density at radius 1 is 1.07 bits per heavy atom. The zero-order chi connectivity index (χ0) is 20.9. The molecule has 0 aliphatic rings. The fourth-order valence-corrected chi connectivity index (χ4v) is 4.17. The molecule has 0 bridgehead atoms. The minimum atomic E-state index is -0.437. The van der Waals surface area contributed by atoms with Gasteiger partial charge in [-0.15, -0.1) is 0 Å². The van der Waals surface area contributed by atoms with E-state index in [0.717, 1.165) is 11.3 Å². The van der Waals surface area contributed by atoms with Crippen LogP contribution in [0.2, 0.25) is 0 Å². The second-order valence-corrected chi connectivity index (χ2v) is 7.77. The standard InChI is InChI=1S/C22H19BrFN3O2/c1-12-5-7-15(8-6-12)27-19(23)9-16-21(27)25-11-26(22(16)28)20-13(2)17(24)10-18(29-4)14(20)3/h5-11H,1-4H3. The smallest absolute Gasteiger partial charge is 0.267 e. The first kappa shape index (κ1) is 19.4. The molecule has 29 heavy (non-hydrogen) atoms. The molecule has 0 saturated heterocycles. The molecule has 0 radical (unpaired) electrons. The molecule has 0 aliphatic carbocycles. The van der Waals surface area contributed by atoms with Gasteiger partial charge in [0, 0.05) is 22.9 Å². The summed E-state index contributed by atoms with van der Waals surface area (Å²) < 4.78 is 23.7. The van der Waals surface area contributed by atoms with E-state index in [1.807, 2.05) is 35.8 Å². The van der Waals surface area contributed by atoms with Gasteiger partial charge in [-0.05, 0) is 54.9 Å². The van der Waals surface area contributed by atoms with E-state index >= 15 is 0 Å². The van der Waals surface area contributed by atoms with Crippen molar-refractivity contribution in [1.82, 2.24) is 14.1 Å². The SMILES string of the molecule is COc1cc(F)c(C)c(-n2cnc3c(cc(Br)n3-c3ccc(C)cc3)c2=O)c1C. The maximum atomic E-state index is 14.4. The first-order valence-corrected chi connectivity index (χ1v) is 9.82. The molecule has 4 rings (SSSR count). The molecule has 148 valence electrons. The molecule has 0 spiro atoms. The Morgan fingerprint density at radius 2 is 1.76 bits per heavy atom. The molecule has 0 saturated carbocycles. The van der Waals surface area contributed by atoms with Gasteiger partial charge in [0.05, 0.1) is 22.8 Å². The number of nitrogens with zero attached hydrogens (tertiary/aromatic N) is 3. The van der Waals surface area contributed by atoms with Crippen LogP contribution in [0, 0.1) is 26.6 Å². The number of benzene rings is 2. The summed E-state index contributed by atoms with van der Waals surface area (Å²) in [7, 11) is 1.48. The predicted molar refractivity (Wildman–Crippen MR) is 115 cm³/mol. The maximum Gasteiger partial charge on any atom is 0.267 e. The Labute approximate surface area is 175 Å². The highest BCUT2D eigenvalue weighted by atomic mass is 79.9. The number of fused-ring (bicyclic) bond motifs is 1. The number of rotatable bonds is 3. The molecule has 0 atom stereocenters. The second kappa shape index (κ2) is 7.15. The molecule has 0 unspecified atom stereocenters. The molecule has 2 heterocycles. The fraction of sp³-hybridized carbons (Fsp3) is 0.182. The molecule has 2 aromatic heterocycles. The van der Waals surface area contributed by atoms with Crippen molar-refractivity contribution in [2.24, 2.45) is 0 Å². The molecule has 7 heteroatoms. The summed E-state index contributed by atoms with van der Waals surface area (Å²) in [6.07, 6.45) is 1.44. The van der Waals surface area contributed by atoms with Gasteiger partial charge in [-0.25, -0.2) is 9.37 Å². The van der Waals surface area contributed by atoms with Gasteiger partial charge in [0.15, 0.2) is 5.65 Å². The minimum Gasteiger partial charge on any atom is -0.496 e. The van der Waals surface area contributed by atoms with E-state index in [0.29, 0.717) is 38.2 Å². The molecule has 0 aliphatic heterocycles. The molecule has 0 amide bonds. The average molecular weight is 456 g/mol.